The second kappa shape index (κ2) is 9.21. The zero-order valence-electron chi connectivity index (χ0n) is 16.1. The third-order valence-electron chi connectivity index (χ3n) is 4.59. The van der Waals surface area contributed by atoms with Gasteiger partial charge >= 0.3 is 6.03 Å². The lowest BCUT2D eigenvalue weighted by Gasteiger charge is -2.17. The monoisotopic (exact) mass is 368 g/mol. The van der Waals surface area contributed by atoms with E-state index in [1.807, 2.05) is 37.3 Å². The van der Waals surface area contributed by atoms with E-state index in [0.717, 1.165) is 42.7 Å². The van der Waals surface area contributed by atoms with Gasteiger partial charge in [0.05, 0.1) is 0 Å². The van der Waals surface area contributed by atoms with E-state index in [0.29, 0.717) is 13.1 Å². The first-order chi connectivity index (χ1) is 13.1. The van der Waals surface area contributed by atoms with Gasteiger partial charge in [-0.05, 0) is 43.9 Å². The Balaban J connectivity index is 1.43. The van der Waals surface area contributed by atoms with Crippen LogP contribution in [0.4, 0.5) is 22.1 Å². The Kier molecular flexibility index (Phi) is 6.46. The van der Waals surface area contributed by atoms with Crippen molar-refractivity contribution < 1.29 is 4.79 Å². The molecule has 2 aromatic rings. The van der Waals surface area contributed by atoms with Gasteiger partial charge in [-0.3, -0.25) is 0 Å². The quantitative estimate of drug-likeness (QED) is 0.654. The molecule has 0 spiro atoms. The molecular formula is C20H28N6O. The van der Waals surface area contributed by atoms with Crippen LogP contribution in [0.5, 0.6) is 0 Å². The van der Waals surface area contributed by atoms with Crippen LogP contribution in [0.2, 0.25) is 0 Å². The topological polar surface area (TPSA) is 82.2 Å². The molecule has 144 valence electrons. The van der Waals surface area contributed by atoms with Crippen molar-refractivity contribution in [3.63, 3.8) is 0 Å². The van der Waals surface area contributed by atoms with Crippen molar-refractivity contribution in [3.05, 3.63) is 41.7 Å². The molecule has 0 radical (unpaired) electrons. The Hall–Kier alpha value is -2.83. The van der Waals surface area contributed by atoms with Gasteiger partial charge in [-0.25, -0.2) is 14.8 Å². The van der Waals surface area contributed by atoms with Gasteiger partial charge in [-0.1, -0.05) is 19.1 Å². The third kappa shape index (κ3) is 5.57. The van der Waals surface area contributed by atoms with Crippen LogP contribution >= 0.6 is 0 Å². The summed E-state index contributed by atoms with van der Waals surface area (Å²) < 4.78 is 0. The second-order valence-corrected chi connectivity index (χ2v) is 6.71. The fourth-order valence-electron chi connectivity index (χ4n) is 3.12. The largest absolute Gasteiger partial charge is 0.368 e. The van der Waals surface area contributed by atoms with Crippen LogP contribution in [-0.2, 0) is 6.42 Å². The van der Waals surface area contributed by atoms with Crippen LogP contribution in [0.15, 0.2) is 30.3 Å². The molecule has 1 fully saturated rings. The minimum atomic E-state index is -0.210. The first-order valence-corrected chi connectivity index (χ1v) is 9.62. The van der Waals surface area contributed by atoms with Crippen molar-refractivity contribution in [3.8, 4) is 0 Å². The Morgan fingerprint density at radius 2 is 1.85 bits per heavy atom. The van der Waals surface area contributed by atoms with Crippen LogP contribution < -0.4 is 20.9 Å². The number of amides is 2. The lowest BCUT2D eigenvalue weighted by Crippen LogP contribution is -2.32. The summed E-state index contributed by atoms with van der Waals surface area (Å²) in [7, 11) is 0. The van der Waals surface area contributed by atoms with Crippen LogP contribution in [0.1, 0.15) is 31.2 Å². The Bertz CT molecular complexity index is 756. The summed E-state index contributed by atoms with van der Waals surface area (Å²) in [5.74, 6) is 2.52. The molecule has 1 saturated heterocycles. The molecule has 0 aliphatic carbocycles. The lowest BCUT2D eigenvalue weighted by atomic mass is 10.1. The smallest absolute Gasteiger partial charge is 0.319 e. The SMILES string of the molecule is CCc1ccc(NC(=O)NCCNc2cc(N3CCCC3)nc(C)n2)cc1. The van der Waals surface area contributed by atoms with Crippen molar-refractivity contribution in [2.45, 2.75) is 33.1 Å². The van der Waals surface area contributed by atoms with Crippen LogP contribution in [0, 0.1) is 6.92 Å². The summed E-state index contributed by atoms with van der Waals surface area (Å²) in [6, 6.07) is 9.64. The van der Waals surface area contributed by atoms with Gasteiger partial charge in [-0.15, -0.1) is 0 Å². The molecule has 0 unspecified atom stereocenters. The number of anilines is 3. The predicted molar refractivity (Wildman–Crippen MR) is 110 cm³/mol. The molecule has 3 N–H and O–H groups in total. The molecule has 2 heterocycles. The second-order valence-electron chi connectivity index (χ2n) is 6.71. The number of carbonyl (C=O) groups excluding carboxylic acids is 1. The number of aromatic nitrogens is 2. The number of carbonyl (C=O) groups is 1. The summed E-state index contributed by atoms with van der Waals surface area (Å²) in [5.41, 5.74) is 2.04. The Morgan fingerprint density at radius 1 is 1.11 bits per heavy atom. The van der Waals surface area contributed by atoms with Crippen LogP contribution in [0.3, 0.4) is 0 Å². The number of rotatable bonds is 7. The molecule has 7 heteroatoms. The van der Waals surface area contributed by atoms with Crippen molar-refractivity contribution in [2.75, 3.05) is 41.7 Å². The molecule has 1 aromatic heterocycles. The van der Waals surface area contributed by atoms with Crippen molar-refractivity contribution in [2.24, 2.45) is 0 Å². The van der Waals surface area contributed by atoms with Gasteiger partial charge in [0.2, 0.25) is 0 Å². The van der Waals surface area contributed by atoms with Gasteiger partial charge in [-0.2, -0.15) is 0 Å². The zero-order chi connectivity index (χ0) is 19.1. The van der Waals surface area contributed by atoms with Crippen molar-refractivity contribution in [1.29, 1.82) is 0 Å². The molecule has 2 amide bonds. The standard InChI is InChI=1S/C20H28N6O/c1-3-16-6-8-17(9-7-16)25-20(27)22-11-10-21-18-14-19(24-15(2)23-18)26-12-4-5-13-26/h6-9,14H,3-5,10-13H2,1-2H3,(H,21,23,24)(H2,22,25,27). The molecule has 1 aromatic carbocycles. The highest BCUT2D eigenvalue weighted by molar-refractivity contribution is 5.89. The van der Waals surface area contributed by atoms with E-state index >= 15 is 0 Å². The lowest BCUT2D eigenvalue weighted by molar-refractivity contribution is 0.252. The molecule has 0 atom stereocenters. The maximum atomic E-state index is 12.0. The van der Waals surface area contributed by atoms with E-state index in [9.17, 15) is 4.79 Å². The number of nitrogens with zero attached hydrogens (tertiary/aromatic N) is 3. The van der Waals surface area contributed by atoms with Crippen LogP contribution in [-0.4, -0.2) is 42.2 Å². The maximum absolute atomic E-state index is 12.0. The number of aryl methyl sites for hydroxylation is 2. The van der Waals surface area contributed by atoms with E-state index in [1.165, 1.54) is 18.4 Å². The number of nitrogens with one attached hydrogen (secondary N) is 3. The normalized spacial score (nSPS) is 13.5. The molecule has 27 heavy (non-hydrogen) atoms. The average Bonchev–Trinajstić information content (AvgIpc) is 3.20. The maximum Gasteiger partial charge on any atom is 0.319 e. The Morgan fingerprint density at radius 3 is 2.56 bits per heavy atom. The van der Waals surface area contributed by atoms with Gasteiger partial charge in [0.1, 0.15) is 17.5 Å². The van der Waals surface area contributed by atoms with E-state index in [1.54, 1.807) is 0 Å². The fraction of sp³-hybridized carbons (Fsp3) is 0.450. The number of urea groups is 1. The van der Waals surface area contributed by atoms with E-state index in [4.69, 9.17) is 0 Å². The Labute approximate surface area is 160 Å². The molecular weight excluding hydrogens is 340 g/mol. The van der Waals surface area contributed by atoms with Gasteiger partial charge < -0.3 is 20.9 Å². The molecule has 1 aliphatic heterocycles. The zero-order valence-corrected chi connectivity index (χ0v) is 16.1. The molecule has 7 nitrogen and oxygen atoms in total. The third-order valence-corrected chi connectivity index (χ3v) is 4.59. The minimum Gasteiger partial charge on any atom is -0.368 e. The van der Waals surface area contributed by atoms with E-state index in [2.05, 4.69) is 37.7 Å². The van der Waals surface area contributed by atoms with Gasteiger partial charge in [0.15, 0.2) is 0 Å². The molecule has 0 saturated carbocycles. The molecule has 1 aliphatic rings. The number of benzene rings is 1. The number of hydrogen-bond acceptors (Lipinski definition) is 5. The average molecular weight is 368 g/mol. The highest BCUT2D eigenvalue weighted by atomic mass is 16.2. The van der Waals surface area contributed by atoms with Gasteiger partial charge in [0, 0.05) is 37.9 Å². The fourth-order valence-corrected chi connectivity index (χ4v) is 3.12. The van der Waals surface area contributed by atoms with E-state index < -0.39 is 0 Å². The number of hydrogen-bond donors (Lipinski definition) is 3. The van der Waals surface area contributed by atoms with Crippen molar-refractivity contribution in [1.82, 2.24) is 15.3 Å². The highest BCUT2D eigenvalue weighted by Crippen LogP contribution is 2.20. The minimum absolute atomic E-state index is 0.210. The van der Waals surface area contributed by atoms with Crippen LogP contribution in [0.25, 0.3) is 0 Å². The summed E-state index contributed by atoms with van der Waals surface area (Å²) >= 11 is 0. The predicted octanol–water partition coefficient (Wildman–Crippen LogP) is 3.18. The van der Waals surface area contributed by atoms with Crippen molar-refractivity contribution >= 4 is 23.4 Å². The summed E-state index contributed by atoms with van der Waals surface area (Å²) in [4.78, 5) is 23.2. The molecule has 3 rings (SSSR count). The van der Waals surface area contributed by atoms with Gasteiger partial charge in [0.25, 0.3) is 0 Å². The first-order valence-electron chi connectivity index (χ1n) is 9.62. The first kappa shape index (κ1) is 18.9. The summed E-state index contributed by atoms with van der Waals surface area (Å²) in [5, 5.41) is 8.95. The summed E-state index contributed by atoms with van der Waals surface area (Å²) in [6.07, 6.45) is 3.41. The van der Waals surface area contributed by atoms with E-state index in [-0.39, 0.29) is 6.03 Å². The molecule has 0 bridgehead atoms. The summed E-state index contributed by atoms with van der Waals surface area (Å²) in [6.45, 7) is 7.21. The highest BCUT2D eigenvalue weighted by Gasteiger charge is 2.14.